The summed E-state index contributed by atoms with van der Waals surface area (Å²) in [7, 11) is 0. The third-order valence-electron chi connectivity index (χ3n) is 7.72. The Labute approximate surface area is 191 Å². The molecule has 32 heavy (non-hydrogen) atoms. The zero-order chi connectivity index (χ0) is 22.9. The normalized spacial score (nSPS) is 25.8. The second-order valence-electron chi connectivity index (χ2n) is 9.95. The van der Waals surface area contributed by atoms with Crippen LogP contribution in [0.2, 0.25) is 0 Å². The Morgan fingerprint density at radius 3 is 2.03 bits per heavy atom. The van der Waals surface area contributed by atoms with Crippen molar-refractivity contribution in [2.24, 2.45) is 23.7 Å². The van der Waals surface area contributed by atoms with E-state index in [1.165, 1.54) is 64.2 Å². The van der Waals surface area contributed by atoms with E-state index in [0.29, 0.717) is 5.92 Å². The van der Waals surface area contributed by atoms with E-state index in [4.69, 9.17) is 10.00 Å². The lowest BCUT2D eigenvalue weighted by atomic mass is 9.75. The van der Waals surface area contributed by atoms with Gasteiger partial charge in [0.1, 0.15) is 6.07 Å². The monoisotopic (exact) mass is 445 g/mol. The average Bonchev–Trinajstić information content (AvgIpc) is 2.82. The summed E-state index contributed by atoms with van der Waals surface area (Å²) in [4.78, 5) is 12.4. The van der Waals surface area contributed by atoms with Crippen LogP contribution >= 0.6 is 0 Å². The van der Waals surface area contributed by atoms with E-state index < -0.39 is 28.9 Å². The lowest BCUT2D eigenvalue weighted by Gasteiger charge is -2.31. The first-order valence-electron chi connectivity index (χ1n) is 12.6. The number of esters is 1. The van der Waals surface area contributed by atoms with Crippen molar-refractivity contribution in [2.75, 3.05) is 0 Å². The third kappa shape index (κ3) is 6.77. The lowest BCUT2D eigenvalue weighted by Crippen LogP contribution is -2.26. The van der Waals surface area contributed by atoms with Gasteiger partial charge in [0.05, 0.1) is 11.5 Å². The molecule has 2 aliphatic carbocycles. The summed E-state index contributed by atoms with van der Waals surface area (Å²) in [5.41, 5.74) is -0.396. The van der Waals surface area contributed by atoms with E-state index in [1.54, 1.807) is 6.07 Å². The summed E-state index contributed by atoms with van der Waals surface area (Å²) in [6.45, 7) is 2.27. The smallest absolute Gasteiger partial charge is 0.314 e. The van der Waals surface area contributed by atoms with Gasteiger partial charge >= 0.3 is 5.97 Å². The largest absolute Gasteiger partial charge is 0.423 e. The molecule has 2 saturated carbocycles. The van der Waals surface area contributed by atoms with Crippen molar-refractivity contribution in [1.29, 1.82) is 5.26 Å². The Kier molecular flexibility index (Phi) is 9.51. The second-order valence-corrected chi connectivity index (χ2v) is 9.95. The number of nitriles is 1. The SMILES string of the molecule is CCCCCC1CCC(CCC2CCC(C(=O)Oc3ccc(C#N)c(F)c3F)CC2)CC1. The van der Waals surface area contributed by atoms with Crippen LogP contribution in [-0.4, -0.2) is 5.97 Å². The fraction of sp³-hybridized carbons (Fsp3) is 0.704. The van der Waals surface area contributed by atoms with Crippen molar-refractivity contribution >= 4 is 5.97 Å². The molecule has 0 heterocycles. The maximum absolute atomic E-state index is 14.0. The number of benzene rings is 1. The minimum Gasteiger partial charge on any atom is -0.423 e. The molecule has 0 aromatic heterocycles. The summed E-state index contributed by atoms with van der Waals surface area (Å²) in [5.74, 6) is -1.24. The van der Waals surface area contributed by atoms with E-state index in [-0.39, 0.29) is 5.92 Å². The summed E-state index contributed by atoms with van der Waals surface area (Å²) < 4.78 is 32.9. The highest BCUT2D eigenvalue weighted by Crippen LogP contribution is 2.38. The van der Waals surface area contributed by atoms with Crippen LogP contribution in [0.5, 0.6) is 5.75 Å². The number of nitrogens with zero attached hydrogens (tertiary/aromatic N) is 1. The first-order valence-corrected chi connectivity index (χ1v) is 12.6. The van der Waals surface area contributed by atoms with E-state index in [0.717, 1.165) is 49.7 Å². The molecule has 3 nitrogen and oxygen atoms in total. The standard InChI is InChI=1S/C27H37F2NO2/c1-2-3-4-5-19-6-8-20(9-7-19)10-11-21-12-14-22(15-13-21)27(31)32-24-17-16-23(18-30)25(28)26(24)29/h16-17,19-22H,2-15H2,1H3. The van der Waals surface area contributed by atoms with Crippen LogP contribution in [0.3, 0.4) is 0 Å². The van der Waals surface area contributed by atoms with Gasteiger partial charge in [0, 0.05) is 0 Å². The first-order chi connectivity index (χ1) is 15.5. The molecule has 0 radical (unpaired) electrons. The molecule has 1 aromatic carbocycles. The van der Waals surface area contributed by atoms with Crippen LogP contribution in [0, 0.1) is 46.6 Å². The number of halogens is 2. The molecule has 3 rings (SSSR count). The molecule has 0 N–H and O–H groups in total. The van der Waals surface area contributed by atoms with Gasteiger partial charge in [-0.05, 0) is 55.6 Å². The van der Waals surface area contributed by atoms with Crippen molar-refractivity contribution in [3.63, 3.8) is 0 Å². The van der Waals surface area contributed by atoms with Gasteiger partial charge in [-0.1, -0.05) is 71.1 Å². The molecule has 2 aliphatic rings. The quantitative estimate of drug-likeness (QED) is 0.222. The van der Waals surface area contributed by atoms with Crippen LogP contribution in [0.4, 0.5) is 8.78 Å². The Hall–Kier alpha value is -1.96. The number of carbonyl (C=O) groups is 1. The maximum Gasteiger partial charge on any atom is 0.314 e. The number of unbranched alkanes of at least 4 members (excludes halogenated alkanes) is 2. The Balaban J connectivity index is 1.35. The summed E-state index contributed by atoms with van der Waals surface area (Å²) in [6.07, 6.45) is 17.1. The highest BCUT2D eigenvalue weighted by molar-refractivity contribution is 5.75. The zero-order valence-corrected chi connectivity index (χ0v) is 19.4. The fourth-order valence-corrected chi connectivity index (χ4v) is 5.54. The maximum atomic E-state index is 14.0. The van der Waals surface area contributed by atoms with Crippen molar-refractivity contribution < 1.29 is 18.3 Å². The molecule has 0 unspecified atom stereocenters. The molecule has 0 bridgehead atoms. The minimum atomic E-state index is -1.27. The van der Waals surface area contributed by atoms with Gasteiger partial charge in [-0.25, -0.2) is 4.39 Å². The van der Waals surface area contributed by atoms with Crippen LogP contribution in [0.1, 0.15) is 102 Å². The van der Waals surface area contributed by atoms with Crippen LogP contribution in [0.25, 0.3) is 0 Å². The second kappa shape index (κ2) is 12.3. The van der Waals surface area contributed by atoms with Crippen LogP contribution in [0.15, 0.2) is 12.1 Å². The van der Waals surface area contributed by atoms with E-state index >= 15 is 0 Å². The fourth-order valence-electron chi connectivity index (χ4n) is 5.54. The van der Waals surface area contributed by atoms with Crippen molar-refractivity contribution in [1.82, 2.24) is 0 Å². The van der Waals surface area contributed by atoms with Gasteiger partial charge in [-0.15, -0.1) is 0 Å². The topological polar surface area (TPSA) is 50.1 Å². The highest BCUT2D eigenvalue weighted by atomic mass is 19.2. The average molecular weight is 446 g/mol. The predicted octanol–water partition coefficient (Wildman–Crippen LogP) is 7.72. The van der Waals surface area contributed by atoms with Gasteiger partial charge < -0.3 is 4.74 Å². The van der Waals surface area contributed by atoms with Gasteiger partial charge in [-0.3, -0.25) is 4.79 Å². The van der Waals surface area contributed by atoms with Crippen LogP contribution < -0.4 is 4.74 Å². The molecule has 176 valence electrons. The minimum absolute atomic E-state index is 0.261. The predicted molar refractivity (Wildman–Crippen MR) is 121 cm³/mol. The molecule has 0 aliphatic heterocycles. The first kappa shape index (κ1) is 24.7. The number of hydrogen-bond donors (Lipinski definition) is 0. The number of hydrogen-bond acceptors (Lipinski definition) is 3. The number of ether oxygens (including phenoxy) is 1. The third-order valence-corrected chi connectivity index (χ3v) is 7.72. The van der Waals surface area contributed by atoms with E-state index in [9.17, 15) is 13.6 Å². The van der Waals surface area contributed by atoms with Gasteiger partial charge in [0.2, 0.25) is 5.82 Å². The molecule has 1 aromatic rings. The zero-order valence-electron chi connectivity index (χ0n) is 19.4. The van der Waals surface area contributed by atoms with Gasteiger partial charge in [0.25, 0.3) is 0 Å². The Morgan fingerprint density at radius 2 is 1.47 bits per heavy atom. The van der Waals surface area contributed by atoms with E-state index in [1.807, 2.05) is 0 Å². The molecule has 0 saturated heterocycles. The molecule has 0 spiro atoms. The van der Waals surface area contributed by atoms with Crippen molar-refractivity contribution in [3.8, 4) is 11.8 Å². The lowest BCUT2D eigenvalue weighted by molar-refractivity contribution is -0.140. The Morgan fingerprint density at radius 1 is 0.906 bits per heavy atom. The molecular formula is C27H37F2NO2. The van der Waals surface area contributed by atoms with Crippen molar-refractivity contribution in [3.05, 3.63) is 29.3 Å². The summed E-state index contributed by atoms with van der Waals surface area (Å²) in [5, 5.41) is 8.76. The molecular weight excluding hydrogens is 408 g/mol. The molecule has 5 heteroatoms. The molecule has 2 fully saturated rings. The number of carbonyl (C=O) groups excluding carboxylic acids is 1. The molecule has 0 amide bonds. The van der Waals surface area contributed by atoms with Crippen molar-refractivity contribution in [2.45, 2.75) is 96.8 Å². The Bertz CT molecular complexity index is 788. The van der Waals surface area contributed by atoms with Crippen LogP contribution in [-0.2, 0) is 4.79 Å². The summed E-state index contributed by atoms with van der Waals surface area (Å²) >= 11 is 0. The number of rotatable bonds is 9. The van der Waals surface area contributed by atoms with Gasteiger partial charge in [-0.2, -0.15) is 9.65 Å². The van der Waals surface area contributed by atoms with E-state index in [2.05, 4.69) is 6.92 Å². The van der Waals surface area contributed by atoms with Gasteiger partial charge in [0.15, 0.2) is 11.6 Å². The molecule has 0 atom stereocenters. The highest BCUT2D eigenvalue weighted by Gasteiger charge is 2.30. The summed E-state index contributed by atoms with van der Waals surface area (Å²) in [6, 6.07) is 3.86.